The lowest BCUT2D eigenvalue weighted by Gasteiger charge is -1.90. The van der Waals surface area contributed by atoms with Crippen LogP contribution in [0.15, 0.2) is 18.2 Å². The number of carbonyl (C=O) groups excluding carboxylic acids is 1. The third-order valence-corrected chi connectivity index (χ3v) is 1.70. The van der Waals surface area contributed by atoms with E-state index in [0.29, 0.717) is 5.88 Å². The molecule has 0 saturated carbocycles. The van der Waals surface area contributed by atoms with E-state index in [4.69, 9.17) is 17.3 Å². The summed E-state index contributed by atoms with van der Waals surface area (Å²) in [6.07, 6.45) is 3.92. The Morgan fingerprint density at radius 2 is 2.38 bits per heavy atom. The number of nitrogens with two attached hydrogens (primary N) is 1. The predicted octanol–water partition coefficient (Wildman–Crippen LogP) is 1.29. The first-order chi connectivity index (χ1) is 6.22. The fraction of sp³-hybridized carbons (Fsp3) is 0.222. The van der Waals surface area contributed by atoms with E-state index in [0.717, 1.165) is 11.4 Å². The van der Waals surface area contributed by atoms with Crippen molar-refractivity contribution in [3.63, 3.8) is 0 Å². The number of primary amides is 1. The first kappa shape index (κ1) is 9.86. The molecule has 0 aliphatic heterocycles. The lowest BCUT2D eigenvalue weighted by atomic mass is 10.3. The maximum absolute atomic E-state index is 10.6. The maximum Gasteiger partial charge on any atom is 0.223 e. The second kappa shape index (κ2) is 4.72. The van der Waals surface area contributed by atoms with Crippen molar-refractivity contribution in [3.05, 3.63) is 29.6 Å². The van der Waals surface area contributed by atoms with Crippen molar-refractivity contribution in [2.45, 2.75) is 6.42 Å². The molecule has 0 aliphatic carbocycles. The first-order valence-corrected chi connectivity index (χ1v) is 4.44. The highest BCUT2D eigenvalue weighted by atomic mass is 35.5. The van der Waals surface area contributed by atoms with E-state index < -0.39 is 0 Å². The van der Waals surface area contributed by atoms with Crippen LogP contribution in [0.1, 0.15) is 11.4 Å². The zero-order chi connectivity index (χ0) is 9.68. The number of aromatic amines is 1. The number of alkyl halides is 1. The zero-order valence-corrected chi connectivity index (χ0v) is 7.84. The molecule has 70 valence electrons. The summed E-state index contributed by atoms with van der Waals surface area (Å²) in [6, 6.07) is 3.71. The van der Waals surface area contributed by atoms with E-state index in [9.17, 15) is 4.79 Å². The molecular weight excluding hydrogens is 188 g/mol. The van der Waals surface area contributed by atoms with Crippen molar-refractivity contribution in [3.8, 4) is 0 Å². The molecule has 1 rings (SSSR count). The Labute approximate surface area is 81.6 Å². The summed E-state index contributed by atoms with van der Waals surface area (Å²) in [5.41, 5.74) is 6.78. The summed E-state index contributed by atoms with van der Waals surface area (Å²) >= 11 is 5.47. The second-order valence-corrected chi connectivity index (χ2v) is 2.95. The van der Waals surface area contributed by atoms with Crippen LogP contribution in [0.5, 0.6) is 0 Å². The van der Waals surface area contributed by atoms with Crippen LogP contribution in [0.4, 0.5) is 0 Å². The SMILES string of the molecule is NC(=O)Cc1ccc(C=CCCl)[nH]1. The molecule has 0 atom stereocenters. The van der Waals surface area contributed by atoms with Crippen molar-refractivity contribution in [1.29, 1.82) is 0 Å². The van der Waals surface area contributed by atoms with Gasteiger partial charge in [0.25, 0.3) is 0 Å². The van der Waals surface area contributed by atoms with Gasteiger partial charge in [0.2, 0.25) is 5.91 Å². The number of rotatable bonds is 4. The predicted molar refractivity (Wildman–Crippen MR) is 53.4 cm³/mol. The Kier molecular flexibility index (Phi) is 3.58. The van der Waals surface area contributed by atoms with Gasteiger partial charge in [-0.15, -0.1) is 11.6 Å². The van der Waals surface area contributed by atoms with Crippen molar-refractivity contribution in [2.24, 2.45) is 5.73 Å². The number of carbonyl (C=O) groups is 1. The van der Waals surface area contributed by atoms with Crippen LogP contribution in [-0.2, 0) is 11.2 Å². The monoisotopic (exact) mass is 198 g/mol. The Morgan fingerprint density at radius 3 is 3.00 bits per heavy atom. The van der Waals surface area contributed by atoms with Gasteiger partial charge < -0.3 is 10.7 Å². The fourth-order valence-corrected chi connectivity index (χ4v) is 1.11. The Morgan fingerprint density at radius 1 is 1.62 bits per heavy atom. The minimum atomic E-state index is -0.338. The van der Waals surface area contributed by atoms with Gasteiger partial charge in [-0.05, 0) is 18.2 Å². The summed E-state index contributed by atoms with van der Waals surface area (Å²) in [4.78, 5) is 13.6. The maximum atomic E-state index is 10.6. The summed E-state index contributed by atoms with van der Waals surface area (Å²) in [6.45, 7) is 0. The molecule has 4 heteroatoms. The summed E-state index contributed by atoms with van der Waals surface area (Å²) in [7, 11) is 0. The minimum absolute atomic E-state index is 0.245. The van der Waals surface area contributed by atoms with Gasteiger partial charge in [0.05, 0.1) is 6.42 Å². The molecule has 1 aromatic heterocycles. The topological polar surface area (TPSA) is 58.9 Å². The second-order valence-electron chi connectivity index (χ2n) is 2.64. The molecule has 0 aromatic carbocycles. The van der Waals surface area contributed by atoms with Gasteiger partial charge in [-0.3, -0.25) is 4.79 Å². The van der Waals surface area contributed by atoms with E-state index in [2.05, 4.69) is 4.98 Å². The standard InChI is InChI=1S/C9H11ClN2O/c10-5-1-2-7-3-4-8(12-7)6-9(11)13/h1-4,12H,5-6H2,(H2,11,13). The number of H-pyrrole nitrogens is 1. The molecule has 0 bridgehead atoms. The summed E-state index contributed by atoms with van der Waals surface area (Å²) in [5.74, 6) is 0.138. The van der Waals surface area contributed by atoms with Crippen LogP contribution in [0.25, 0.3) is 6.08 Å². The molecular formula is C9H11ClN2O. The zero-order valence-electron chi connectivity index (χ0n) is 7.09. The Bertz CT molecular complexity index is 317. The molecule has 1 amide bonds. The molecule has 0 aliphatic rings. The Hall–Kier alpha value is -1.22. The van der Waals surface area contributed by atoms with Gasteiger partial charge in [0.15, 0.2) is 0 Å². The van der Waals surface area contributed by atoms with Crippen LogP contribution < -0.4 is 5.73 Å². The van der Waals surface area contributed by atoms with Crippen LogP contribution in [-0.4, -0.2) is 16.8 Å². The molecule has 3 nitrogen and oxygen atoms in total. The van der Waals surface area contributed by atoms with Gasteiger partial charge in [0, 0.05) is 17.3 Å². The average molecular weight is 199 g/mol. The summed E-state index contributed by atoms with van der Waals surface area (Å²) in [5, 5.41) is 0. The smallest absolute Gasteiger partial charge is 0.223 e. The molecule has 13 heavy (non-hydrogen) atoms. The van der Waals surface area contributed by atoms with E-state index in [1.807, 2.05) is 24.3 Å². The van der Waals surface area contributed by atoms with E-state index in [-0.39, 0.29) is 12.3 Å². The number of nitrogens with one attached hydrogen (secondary N) is 1. The fourth-order valence-electron chi connectivity index (χ4n) is 1.02. The van der Waals surface area contributed by atoms with Crippen molar-refractivity contribution < 1.29 is 4.79 Å². The third-order valence-electron chi connectivity index (χ3n) is 1.52. The largest absolute Gasteiger partial charge is 0.369 e. The van der Waals surface area contributed by atoms with Crippen molar-refractivity contribution >= 4 is 23.6 Å². The van der Waals surface area contributed by atoms with Gasteiger partial charge in [0.1, 0.15) is 0 Å². The van der Waals surface area contributed by atoms with Gasteiger partial charge in [-0.25, -0.2) is 0 Å². The van der Waals surface area contributed by atoms with Crippen LogP contribution >= 0.6 is 11.6 Å². The van der Waals surface area contributed by atoms with E-state index in [1.165, 1.54) is 0 Å². The Balaban J connectivity index is 2.63. The van der Waals surface area contributed by atoms with Gasteiger partial charge in [-0.1, -0.05) is 6.08 Å². The lowest BCUT2D eigenvalue weighted by Crippen LogP contribution is -2.13. The highest BCUT2D eigenvalue weighted by molar-refractivity contribution is 6.19. The number of amides is 1. The van der Waals surface area contributed by atoms with Crippen molar-refractivity contribution in [2.75, 3.05) is 5.88 Å². The number of aromatic nitrogens is 1. The average Bonchev–Trinajstić information content (AvgIpc) is 2.48. The van der Waals surface area contributed by atoms with Crippen molar-refractivity contribution in [1.82, 2.24) is 4.98 Å². The molecule has 3 N–H and O–H groups in total. The molecule has 1 aromatic rings. The highest BCUT2D eigenvalue weighted by Gasteiger charge is 1.99. The van der Waals surface area contributed by atoms with E-state index in [1.54, 1.807) is 0 Å². The lowest BCUT2D eigenvalue weighted by molar-refractivity contribution is -0.117. The van der Waals surface area contributed by atoms with Crippen LogP contribution in [0.2, 0.25) is 0 Å². The molecule has 0 fully saturated rings. The minimum Gasteiger partial charge on any atom is -0.369 e. The molecule has 0 unspecified atom stereocenters. The molecule has 0 saturated heterocycles. The number of allylic oxidation sites excluding steroid dienone is 1. The van der Waals surface area contributed by atoms with Crippen LogP contribution in [0.3, 0.4) is 0 Å². The molecule has 0 spiro atoms. The van der Waals surface area contributed by atoms with E-state index >= 15 is 0 Å². The molecule has 1 heterocycles. The number of hydrogen-bond acceptors (Lipinski definition) is 1. The highest BCUT2D eigenvalue weighted by Crippen LogP contribution is 2.04. The quantitative estimate of drug-likeness (QED) is 0.704. The third kappa shape index (κ3) is 3.34. The number of halogens is 1. The number of hydrogen-bond donors (Lipinski definition) is 2. The first-order valence-electron chi connectivity index (χ1n) is 3.91. The molecule has 0 radical (unpaired) electrons. The van der Waals surface area contributed by atoms with Gasteiger partial charge >= 0.3 is 0 Å². The summed E-state index contributed by atoms with van der Waals surface area (Å²) < 4.78 is 0. The normalized spacial score (nSPS) is 10.8. The van der Waals surface area contributed by atoms with Gasteiger partial charge in [-0.2, -0.15) is 0 Å². The van der Waals surface area contributed by atoms with Crippen LogP contribution in [0, 0.1) is 0 Å².